The molecule has 0 bridgehead atoms. The van der Waals surface area contributed by atoms with Crippen LogP contribution in [-0.2, 0) is 4.79 Å². The third-order valence-corrected chi connectivity index (χ3v) is 3.67. The molecule has 0 radical (unpaired) electrons. The number of hydrogen-bond acceptors (Lipinski definition) is 6. The van der Waals surface area contributed by atoms with Gasteiger partial charge >= 0.3 is 0 Å². The molecule has 2 aromatic rings. The normalized spacial score (nSPS) is 13.2. The van der Waals surface area contributed by atoms with Gasteiger partial charge in [-0.25, -0.2) is 9.97 Å². The zero-order valence-electron chi connectivity index (χ0n) is 14.0. The van der Waals surface area contributed by atoms with E-state index in [1.807, 2.05) is 0 Å². The van der Waals surface area contributed by atoms with E-state index in [4.69, 9.17) is 4.42 Å². The number of hydrogen-bond donors (Lipinski definition) is 3. The molecule has 0 aliphatic heterocycles. The Morgan fingerprint density at radius 2 is 2.00 bits per heavy atom. The average molecular weight is 332 g/mol. The number of rotatable bonds is 5. The number of amides is 2. The first-order valence-electron chi connectivity index (χ1n) is 7.49. The number of carbonyl (C=O) groups is 2. The van der Waals surface area contributed by atoms with E-state index in [-0.39, 0.29) is 23.2 Å². The summed E-state index contributed by atoms with van der Waals surface area (Å²) < 4.78 is 5.23. The maximum absolute atomic E-state index is 12.2. The van der Waals surface area contributed by atoms with E-state index in [2.05, 4.69) is 20.6 Å². The van der Waals surface area contributed by atoms with Gasteiger partial charge in [0.05, 0.1) is 5.92 Å². The van der Waals surface area contributed by atoms with Crippen LogP contribution in [0.2, 0.25) is 0 Å². The fourth-order valence-corrected chi connectivity index (χ4v) is 2.09. The number of aryl methyl sites for hydroxylation is 2. The molecule has 2 amide bonds. The van der Waals surface area contributed by atoms with Gasteiger partial charge in [-0.1, -0.05) is 6.92 Å². The highest BCUT2D eigenvalue weighted by Gasteiger charge is 2.25. The molecule has 2 atom stereocenters. The molecule has 24 heavy (non-hydrogen) atoms. The Balaban J connectivity index is 2.00. The molecule has 2 aromatic heterocycles. The Labute approximate surface area is 139 Å². The van der Waals surface area contributed by atoms with E-state index >= 15 is 0 Å². The van der Waals surface area contributed by atoms with Gasteiger partial charge in [-0.15, -0.1) is 0 Å². The van der Waals surface area contributed by atoms with Crippen molar-refractivity contribution in [3.05, 3.63) is 35.7 Å². The van der Waals surface area contributed by atoms with Crippen molar-refractivity contribution in [1.29, 1.82) is 0 Å². The van der Waals surface area contributed by atoms with Crippen molar-refractivity contribution in [2.45, 2.75) is 33.7 Å². The van der Waals surface area contributed by atoms with Gasteiger partial charge in [-0.05, 0) is 26.0 Å². The van der Waals surface area contributed by atoms with Crippen molar-refractivity contribution >= 4 is 17.6 Å². The second-order valence-corrected chi connectivity index (χ2v) is 5.55. The predicted octanol–water partition coefficient (Wildman–Crippen LogP) is 1.79. The highest BCUT2D eigenvalue weighted by atomic mass is 16.4. The molecule has 0 saturated carbocycles. The van der Waals surface area contributed by atoms with Gasteiger partial charge in [0.15, 0.2) is 23.2 Å². The largest absolute Gasteiger partial charge is 0.504 e. The molecule has 0 saturated heterocycles. The minimum absolute atomic E-state index is 0.0795. The molecule has 3 N–H and O–H groups in total. The van der Waals surface area contributed by atoms with Crippen LogP contribution in [-0.4, -0.2) is 32.9 Å². The highest BCUT2D eigenvalue weighted by molar-refractivity contribution is 5.95. The molecule has 0 spiro atoms. The van der Waals surface area contributed by atoms with Crippen LogP contribution in [0.1, 0.15) is 36.0 Å². The van der Waals surface area contributed by atoms with Crippen molar-refractivity contribution in [1.82, 2.24) is 15.3 Å². The SMILES string of the molecule is Cc1nc(C(=O)NC(C)C(C)C(=O)Nc2ncccc2O)c(C)o1. The Hall–Kier alpha value is -2.90. The summed E-state index contributed by atoms with van der Waals surface area (Å²) in [5.74, 6) is -0.542. The summed E-state index contributed by atoms with van der Waals surface area (Å²) in [6.07, 6.45) is 1.46. The third kappa shape index (κ3) is 3.89. The standard InChI is InChI=1S/C16H20N4O4/c1-8(15(22)20-14-12(21)6-5-7-17-14)9(2)18-16(23)13-10(3)24-11(4)19-13/h5-9,21H,1-4H3,(H,18,23)(H,17,20,22). The van der Waals surface area contributed by atoms with Crippen molar-refractivity contribution in [3.8, 4) is 5.75 Å². The van der Waals surface area contributed by atoms with Gasteiger partial charge in [-0.2, -0.15) is 0 Å². The summed E-state index contributed by atoms with van der Waals surface area (Å²) in [5.41, 5.74) is 0.203. The van der Waals surface area contributed by atoms with Gasteiger partial charge in [0.2, 0.25) is 5.91 Å². The number of aromatic nitrogens is 2. The quantitative estimate of drug-likeness (QED) is 0.768. The molecule has 128 valence electrons. The Bertz CT molecular complexity index is 756. The number of pyridine rings is 1. The van der Waals surface area contributed by atoms with Crippen molar-refractivity contribution in [2.75, 3.05) is 5.32 Å². The zero-order valence-corrected chi connectivity index (χ0v) is 14.0. The van der Waals surface area contributed by atoms with Crippen LogP contribution in [0.4, 0.5) is 5.82 Å². The maximum atomic E-state index is 12.2. The fourth-order valence-electron chi connectivity index (χ4n) is 2.09. The summed E-state index contributed by atoms with van der Waals surface area (Å²) in [5, 5.41) is 14.9. The summed E-state index contributed by atoms with van der Waals surface area (Å²) >= 11 is 0. The molecule has 0 aliphatic carbocycles. The van der Waals surface area contributed by atoms with Crippen LogP contribution >= 0.6 is 0 Å². The Kier molecular flexibility index (Phi) is 5.18. The molecule has 2 rings (SSSR count). The summed E-state index contributed by atoms with van der Waals surface area (Å²) in [7, 11) is 0. The lowest BCUT2D eigenvalue weighted by Gasteiger charge is -2.20. The molecule has 0 fully saturated rings. The first-order chi connectivity index (χ1) is 11.3. The maximum Gasteiger partial charge on any atom is 0.273 e. The van der Waals surface area contributed by atoms with Crippen LogP contribution in [0.5, 0.6) is 5.75 Å². The average Bonchev–Trinajstić information content (AvgIpc) is 2.87. The first-order valence-corrected chi connectivity index (χ1v) is 7.49. The van der Waals surface area contributed by atoms with Gasteiger partial charge in [-0.3, -0.25) is 9.59 Å². The van der Waals surface area contributed by atoms with Gasteiger partial charge in [0, 0.05) is 19.2 Å². The lowest BCUT2D eigenvalue weighted by atomic mass is 10.0. The predicted molar refractivity (Wildman–Crippen MR) is 86.6 cm³/mol. The molecule has 0 aromatic carbocycles. The third-order valence-electron chi connectivity index (χ3n) is 3.67. The molecule has 8 heteroatoms. The minimum Gasteiger partial charge on any atom is -0.504 e. The van der Waals surface area contributed by atoms with E-state index in [1.165, 1.54) is 12.3 Å². The molecular weight excluding hydrogens is 312 g/mol. The first kappa shape index (κ1) is 17.5. The van der Waals surface area contributed by atoms with Gasteiger partial charge in [0.25, 0.3) is 5.91 Å². The molecular formula is C16H20N4O4. The van der Waals surface area contributed by atoms with Gasteiger partial charge < -0.3 is 20.2 Å². The summed E-state index contributed by atoms with van der Waals surface area (Å²) in [4.78, 5) is 32.4. The number of oxazole rings is 1. The van der Waals surface area contributed by atoms with Gasteiger partial charge in [0.1, 0.15) is 5.76 Å². The Morgan fingerprint density at radius 1 is 1.29 bits per heavy atom. The number of aromatic hydroxyl groups is 1. The fraction of sp³-hybridized carbons (Fsp3) is 0.375. The molecule has 8 nitrogen and oxygen atoms in total. The van der Waals surface area contributed by atoms with E-state index in [1.54, 1.807) is 33.8 Å². The van der Waals surface area contributed by atoms with E-state index in [0.29, 0.717) is 11.7 Å². The highest BCUT2D eigenvalue weighted by Crippen LogP contribution is 2.19. The van der Waals surface area contributed by atoms with Crippen LogP contribution in [0.3, 0.4) is 0 Å². The van der Waals surface area contributed by atoms with Crippen LogP contribution in [0, 0.1) is 19.8 Å². The summed E-state index contributed by atoms with van der Waals surface area (Å²) in [6, 6.07) is 2.52. The number of nitrogens with zero attached hydrogens (tertiary/aromatic N) is 2. The smallest absolute Gasteiger partial charge is 0.273 e. The van der Waals surface area contributed by atoms with E-state index < -0.39 is 17.9 Å². The summed E-state index contributed by atoms with van der Waals surface area (Å²) in [6.45, 7) is 6.69. The second-order valence-electron chi connectivity index (χ2n) is 5.55. The van der Waals surface area contributed by atoms with Crippen molar-refractivity contribution in [2.24, 2.45) is 5.92 Å². The van der Waals surface area contributed by atoms with Crippen LogP contribution in [0.25, 0.3) is 0 Å². The molecule has 0 aliphatic rings. The number of anilines is 1. The van der Waals surface area contributed by atoms with E-state index in [9.17, 15) is 14.7 Å². The zero-order chi connectivity index (χ0) is 17.9. The number of nitrogens with one attached hydrogen (secondary N) is 2. The van der Waals surface area contributed by atoms with Crippen molar-refractivity contribution in [3.63, 3.8) is 0 Å². The lowest BCUT2D eigenvalue weighted by molar-refractivity contribution is -0.120. The van der Waals surface area contributed by atoms with E-state index in [0.717, 1.165) is 0 Å². The van der Waals surface area contributed by atoms with Crippen LogP contribution < -0.4 is 10.6 Å². The minimum atomic E-state index is -0.552. The number of carbonyl (C=O) groups excluding carboxylic acids is 2. The monoisotopic (exact) mass is 332 g/mol. The molecule has 2 heterocycles. The molecule has 2 unspecified atom stereocenters. The van der Waals surface area contributed by atoms with Crippen LogP contribution in [0.15, 0.2) is 22.7 Å². The topological polar surface area (TPSA) is 117 Å². The lowest BCUT2D eigenvalue weighted by Crippen LogP contribution is -2.42. The second kappa shape index (κ2) is 7.12. The Morgan fingerprint density at radius 3 is 2.58 bits per heavy atom. The van der Waals surface area contributed by atoms with Crippen molar-refractivity contribution < 1.29 is 19.1 Å².